The van der Waals surface area contributed by atoms with E-state index in [2.05, 4.69) is 11.4 Å². The molecule has 0 fully saturated rings. The van der Waals surface area contributed by atoms with Gasteiger partial charge in [-0.05, 0) is 62.6 Å². The Morgan fingerprint density at radius 3 is 2.41 bits per heavy atom. The Labute approximate surface area is 161 Å². The van der Waals surface area contributed by atoms with E-state index in [0.717, 1.165) is 16.8 Å². The zero-order chi connectivity index (χ0) is 19.8. The molecule has 0 aliphatic rings. The maximum atomic E-state index is 12.4. The third kappa shape index (κ3) is 5.84. The number of hydrogen-bond acceptors (Lipinski definition) is 3. The zero-order valence-corrected chi connectivity index (χ0v) is 16.5. The Kier molecular flexibility index (Phi) is 7.41. The maximum Gasteiger partial charge on any atom is 0.255 e. The van der Waals surface area contributed by atoms with Crippen LogP contribution in [-0.4, -0.2) is 32.0 Å². The van der Waals surface area contributed by atoms with Crippen molar-refractivity contribution >= 4 is 17.5 Å². The number of para-hydroxylation sites is 1. The van der Waals surface area contributed by atoms with Crippen LogP contribution >= 0.6 is 0 Å². The molecule has 0 aliphatic heterocycles. The molecule has 0 saturated heterocycles. The molecule has 2 amide bonds. The number of benzene rings is 2. The zero-order valence-electron chi connectivity index (χ0n) is 16.5. The molecule has 5 nitrogen and oxygen atoms in total. The second kappa shape index (κ2) is 9.76. The van der Waals surface area contributed by atoms with E-state index < -0.39 is 0 Å². The van der Waals surface area contributed by atoms with E-state index >= 15 is 0 Å². The molecule has 0 saturated carbocycles. The molecule has 0 radical (unpaired) electrons. The van der Waals surface area contributed by atoms with Crippen LogP contribution in [0.3, 0.4) is 0 Å². The number of nitrogens with zero attached hydrogens (tertiary/aromatic N) is 1. The van der Waals surface area contributed by atoms with Crippen molar-refractivity contribution in [2.45, 2.75) is 33.6 Å². The van der Waals surface area contributed by atoms with E-state index in [-0.39, 0.29) is 11.8 Å². The molecule has 0 bridgehead atoms. The first-order valence-electron chi connectivity index (χ1n) is 9.27. The molecule has 27 heavy (non-hydrogen) atoms. The number of carbonyl (C=O) groups is 2. The third-order valence-electron chi connectivity index (χ3n) is 4.25. The first-order chi connectivity index (χ1) is 12.9. The summed E-state index contributed by atoms with van der Waals surface area (Å²) in [6.07, 6.45) is 0.952. The van der Waals surface area contributed by atoms with Gasteiger partial charge in [0.15, 0.2) is 0 Å². The van der Waals surface area contributed by atoms with E-state index in [1.165, 1.54) is 0 Å². The highest BCUT2D eigenvalue weighted by molar-refractivity contribution is 5.97. The Hall–Kier alpha value is -2.82. The van der Waals surface area contributed by atoms with Gasteiger partial charge in [0.2, 0.25) is 5.91 Å². The molecule has 0 heterocycles. The van der Waals surface area contributed by atoms with Gasteiger partial charge in [-0.3, -0.25) is 9.59 Å². The molecule has 2 rings (SSSR count). The molecule has 0 spiro atoms. The van der Waals surface area contributed by atoms with Crippen molar-refractivity contribution in [3.05, 3.63) is 59.2 Å². The fourth-order valence-corrected chi connectivity index (χ4v) is 2.93. The van der Waals surface area contributed by atoms with Crippen LogP contribution in [0.2, 0.25) is 0 Å². The van der Waals surface area contributed by atoms with Crippen LogP contribution in [0.1, 0.15) is 41.3 Å². The minimum absolute atomic E-state index is 0.0314. The smallest absolute Gasteiger partial charge is 0.255 e. The van der Waals surface area contributed by atoms with E-state index in [0.29, 0.717) is 37.3 Å². The molecule has 0 atom stereocenters. The van der Waals surface area contributed by atoms with Crippen molar-refractivity contribution in [3.8, 4) is 5.75 Å². The lowest BCUT2D eigenvalue weighted by Gasteiger charge is -2.18. The summed E-state index contributed by atoms with van der Waals surface area (Å²) >= 11 is 0. The summed E-state index contributed by atoms with van der Waals surface area (Å²) in [5, 5.41) is 2.86. The average Bonchev–Trinajstić information content (AvgIpc) is 2.64. The molecule has 5 heteroatoms. The first-order valence-corrected chi connectivity index (χ1v) is 9.27. The number of carbonyl (C=O) groups excluding carboxylic acids is 2. The lowest BCUT2D eigenvalue weighted by Crippen LogP contribution is -2.29. The number of ether oxygens (including phenoxy) is 1. The Balaban J connectivity index is 1.84. The van der Waals surface area contributed by atoms with Gasteiger partial charge in [-0.2, -0.15) is 0 Å². The van der Waals surface area contributed by atoms with Crippen LogP contribution in [0.15, 0.2) is 42.5 Å². The quantitative estimate of drug-likeness (QED) is 0.720. The topological polar surface area (TPSA) is 58.6 Å². The van der Waals surface area contributed by atoms with Crippen LogP contribution in [0.4, 0.5) is 5.69 Å². The number of nitrogens with one attached hydrogen (secondary N) is 1. The number of anilines is 1. The number of hydrogen-bond donors (Lipinski definition) is 1. The minimum atomic E-state index is -0.186. The van der Waals surface area contributed by atoms with Crippen LogP contribution in [-0.2, 0) is 4.79 Å². The fourth-order valence-electron chi connectivity index (χ4n) is 2.93. The number of aryl methyl sites for hydroxylation is 2. The summed E-state index contributed by atoms with van der Waals surface area (Å²) in [5.74, 6) is 0.418. The van der Waals surface area contributed by atoms with Gasteiger partial charge in [0.05, 0.1) is 12.2 Å². The van der Waals surface area contributed by atoms with E-state index in [1.54, 1.807) is 30.1 Å². The van der Waals surface area contributed by atoms with Crippen LogP contribution in [0.25, 0.3) is 0 Å². The van der Waals surface area contributed by atoms with Crippen molar-refractivity contribution < 1.29 is 14.3 Å². The molecule has 1 N–H and O–H groups in total. The van der Waals surface area contributed by atoms with Gasteiger partial charge in [0, 0.05) is 25.7 Å². The van der Waals surface area contributed by atoms with Crippen LogP contribution in [0, 0.1) is 13.8 Å². The van der Waals surface area contributed by atoms with Crippen LogP contribution in [0.5, 0.6) is 5.75 Å². The van der Waals surface area contributed by atoms with Crippen molar-refractivity contribution in [3.63, 3.8) is 0 Å². The minimum Gasteiger partial charge on any atom is -0.493 e. The summed E-state index contributed by atoms with van der Waals surface area (Å²) in [5.41, 5.74) is 3.67. The van der Waals surface area contributed by atoms with Crippen molar-refractivity contribution in [1.82, 2.24) is 5.32 Å². The van der Waals surface area contributed by atoms with Crippen molar-refractivity contribution in [2.24, 2.45) is 0 Å². The van der Waals surface area contributed by atoms with Crippen LogP contribution < -0.4 is 15.0 Å². The van der Waals surface area contributed by atoms with Gasteiger partial charge in [-0.25, -0.2) is 0 Å². The van der Waals surface area contributed by atoms with Gasteiger partial charge in [-0.15, -0.1) is 0 Å². The standard InChI is InChI=1S/C22H28N2O3/c1-5-27-20-10-7-6-9-19(20)22(26)23-12-8-11-21(25)24(4)18-14-16(2)13-17(3)15-18/h6-7,9-10,13-15H,5,8,11-12H2,1-4H3,(H,23,26). The maximum absolute atomic E-state index is 12.4. The molecule has 2 aromatic carbocycles. The van der Waals surface area contributed by atoms with Crippen molar-refractivity contribution in [2.75, 3.05) is 25.1 Å². The number of rotatable bonds is 8. The highest BCUT2D eigenvalue weighted by Crippen LogP contribution is 2.19. The largest absolute Gasteiger partial charge is 0.493 e. The van der Waals surface area contributed by atoms with Gasteiger partial charge < -0.3 is 15.0 Å². The average molecular weight is 368 g/mol. The first kappa shape index (κ1) is 20.5. The summed E-state index contributed by atoms with van der Waals surface area (Å²) < 4.78 is 5.48. The predicted octanol–water partition coefficient (Wildman–Crippen LogP) is 3.88. The SMILES string of the molecule is CCOc1ccccc1C(=O)NCCCC(=O)N(C)c1cc(C)cc(C)c1. The van der Waals surface area contributed by atoms with Gasteiger partial charge in [0.25, 0.3) is 5.91 Å². The highest BCUT2D eigenvalue weighted by Gasteiger charge is 2.13. The molecule has 0 aliphatic carbocycles. The van der Waals surface area contributed by atoms with E-state index in [9.17, 15) is 9.59 Å². The molecular weight excluding hydrogens is 340 g/mol. The second-order valence-corrected chi connectivity index (χ2v) is 6.59. The Morgan fingerprint density at radius 1 is 1.07 bits per heavy atom. The Bertz CT molecular complexity index is 782. The lowest BCUT2D eigenvalue weighted by atomic mass is 10.1. The predicted molar refractivity (Wildman–Crippen MR) is 109 cm³/mol. The summed E-state index contributed by atoms with van der Waals surface area (Å²) in [7, 11) is 1.79. The molecule has 0 unspecified atom stereocenters. The molecule has 144 valence electrons. The summed E-state index contributed by atoms with van der Waals surface area (Å²) in [4.78, 5) is 26.4. The summed E-state index contributed by atoms with van der Waals surface area (Å²) in [6.45, 7) is 6.86. The van der Waals surface area contributed by atoms with E-state index in [1.807, 2.05) is 39.0 Å². The normalized spacial score (nSPS) is 10.4. The van der Waals surface area contributed by atoms with Crippen molar-refractivity contribution in [1.29, 1.82) is 0 Å². The number of amides is 2. The van der Waals surface area contributed by atoms with Gasteiger partial charge in [-0.1, -0.05) is 18.2 Å². The Morgan fingerprint density at radius 2 is 1.74 bits per heavy atom. The van der Waals surface area contributed by atoms with Gasteiger partial charge in [0.1, 0.15) is 5.75 Å². The molecule has 2 aromatic rings. The highest BCUT2D eigenvalue weighted by atomic mass is 16.5. The monoisotopic (exact) mass is 368 g/mol. The molecular formula is C22H28N2O3. The van der Waals surface area contributed by atoms with E-state index in [4.69, 9.17) is 4.74 Å². The summed E-state index contributed by atoms with van der Waals surface area (Å²) in [6, 6.07) is 13.2. The lowest BCUT2D eigenvalue weighted by molar-refractivity contribution is -0.118. The third-order valence-corrected chi connectivity index (χ3v) is 4.25. The van der Waals surface area contributed by atoms with Gasteiger partial charge >= 0.3 is 0 Å². The second-order valence-electron chi connectivity index (χ2n) is 6.59. The fraction of sp³-hybridized carbons (Fsp3) is 0.364. The molecule has 0 aromatic heterocycles.